The zero-order chi connectivity index (χ0) is 21.3. The Kier molecular flexibility index (Phi) is 5.11. The van der Waals surface area contributed by atoms with Crippen molar-refractivity contribution in [1.82, 2.24) is 0 Å². The van der Waals surface area contributed by atoms with Crippen LogP contribution in [0.1, 0.15) is 16.7 Å². The van der Waals surface area contributed by atoms with Crippen LogP contribution < -0.4 is 15.0 Å². The van der Waals surface area contributed by atoms with Gasteiger partial charge in [-0.25, -0.2) is 4.90 Å². The molecule has 30 heavy (non-hydrogen) atoms. The number of anilines is 2. The van der Waals surface area contributed by atoms with Crippen LogP contribution in [-0.4, -0.2) is 18.9 Å². The molecule has 5 heteroatoms. The van der Waals surface area contributed by atoms with Crippen molar-refractivity contribution in [2.45, 2.75) is 13.8 Å². The van der Waals surface area contributed by atoms with E-state index in [0.717, 1.165) is 11.1 Å². The highest BCUT2D eigenvalue weighted by Crippen LogP contribution is 2.35. The van der Waals surface area contributed by atoms with Gasteiger partial charge in [0.15, 0.2) is 0 Å². The minimum atomic E-state index is -0.382. The number of nitrogens with one attached hydrogen (secondary N) is 1. The van der Waals surface area contributed by atoms with Crippen LogP contribution >= 0.6 is 0 Å². The van der Waals surface area contributed by atoms with Crippen molar-refractivity contribution in [3.05, 3.63) is 95.2 Å². The van der Waals surface area contributed by atoms with Crippen LogP contribution in [0.25, 0.3) is 5.57 Å². The van der Waals surface area contributed by atoms with Gasteiger partial charge in [-0.1, -0.05) is 54.1 Å². The summed E-state index contributed by atoms with van der Waals surface area (Å²) in [4.78, 5) is 28.1. The summed E-state index contributed by atoms with van der Waals surface area (Å²) in [6.45, 7) is 3.86. The minimum absolute atomic E-state index is 0.250. The number of nitrogens with zero attached hydrogens (tertiary/aromatic N) is 1. The molecule has 0 unspecified atom stereocenters. The molecular weight excluding hydrogens is 376 g/mol. The van der Waals surface area contributed by atoms with Crippen LogP contribution in [0.2, 0.25) is 0 Å². The van der Waals surface area contributed by atoms with E-state index in [9.17, 15) is 9.59 Å². The van der Waals surface area contributed by atoms with E-state index in [2.05, 4.69) is 5.32 Å². The standard InChI is InChI=1S/C25H22N2O3/c1-16-11-13-18(14-12-16)22-23(26-19-8-6-9-20(15-19)30-3)25(29)27(24(22)28)21-10-5-4-7-17(21)2/h4-15,26H,1-3H3. The molecule has 0 aromatic heterocycles. The zero-order valence-corrected chi connectivity index (χ0v) is 17.1. The van der Waals surface area contributed by atoms with E-state index in [1.54, 1.807) is 19.2 Å². The maximum absolute atomic E-state index is 13.5. The molecule has 2 amide bonds. The molecule has 0 spiro atoms. The van der Waals surface area contributed by atoms with Gasteiger partial charge in [-0.2, -0.15) is 0 Å². The van der Waals surface area contributed by atoms with Gasteiger partial charge in [-0.15, -0.1) is 0 Å². The third kappa shape index (κ3) is 3.46. The van der Waals surface area contributed by atoms with Gasteiger partial charge in [-0.3, -0.25) is 9.59 Å². The molecule has 1 N–H and O–H groups in total. The predicted molar refractivity (Wildman–Crippen MR) is 118 cm³/mol. The number of carbonyl (C=O) groups excluding carboxylic acids is 2. The molecule has 1 aliphatic heterocycles. The average Bonchev–Trinajstić information content (AvgIpc) is 2.99. The molecule has 0 bridgehead atoms. The molecule has 0 saturated carbocycles. The summed E-state index contributed by atoms with van der Waals surface area (Å²) in [5.41, 5.74) is 4.48. The SMILES string of the molecule is COc1cccc(NC2=C(c3ccc(C)cc3)C(=O)N(c3ccccc3C)C2=O)c1. The summed E-state index contributed by atoms with van der Waals surface area (Å²) in [6.07, 6.45) is 0. The first-order chi connectivity index (χ1) is 14.5. The molecule has 5 nitrogen and oxygen atoms in total. The fourth-order valence-electron chi connectivity index (χ4n) is 3.51. The van der Waals surface area contributed by atoms with Gasteiger partial charge in [0.25, 0.3) is 11.8 Å². The average molecular weight is 398 g/mol. The number of ether oxygens (including phenoxy) is 1. The van der Waals surface area contributed by atoms with Crippen LogP contribution in [0.5, 0.6) is 5.75 Å². The molecule has 3 aromatic rings. The Morgan fingerprint density at radius 2 is 1.57 bits per heavy atom. The number of methoxy groups -OCH3 is 1. The normalized spacial score (nSPS) is 13.8. The van der Waals surface area contributed by atoms with Crippen molar-refractivity contribution >= 4 is 28.8 Å². The number of benzene rings is 3. The second-order valence-corrected chi connectivity index (χ2v) is 7.21. The van der Waals surface area contributed by atoms with E-state index in [1.807, 2.05) is 74.5 Å². The Morgan fingerprint density at radius 3 is 2.27 bits per heavy atom. The number of imide groups is 1. The predicted octanol–water partition coefficient (Wildman–Crippen LogP) is 4.71. The van der Waals surface area contributed by atoms with Crippen molar-refractivity contribution in [3.8, 4) is 5.75 Å². The highest BCUT2D eigenvalue weighted by molar-refractivity contribution is 6.46. The summed E-state index contributed by atoms with van der Waals surface area (Å²) in [5, 5.41) is 3.17. The van der Waals surface area contributed by atoms with Gasteiger partial charge in [0, 0.05) is 11.8 Å². The Labute approximate surface area is 175 Å². The number of aryl methyl sites for hydroxylation is 2. The number of carbonyl (C=O) groups is 2. The number of rotatable bonds is 5. The molecule has 1 aliphatic rings. The zero-order valence-electron chi connectivity index (χ0n) is 17.1. The van der Waals surface area contributed by atoms with E-state index in [4.69, 9.17) is 4.74 Å². The van der Waals surface area contributed by atoms with Crippen LogP contribution in [0.3, 0.4) is 0 Å². The van der Waals surface area contributed by atoms with Crippen molar-refractivity contribution in [2.24, 2.45) is 0 Å². The molecule has 150 valence electrons. The second kappa shape index (κ2) is 7.87. The molecule has 1 heterocycles. The number of hydrogen-bond donors (Lipinski definition) is 1. The lowest BCUT2D eigenvalue weighted by Gasteiger charge is -2.17. The third-order valence-corrected chi connectivity index (χ3v) is 5.12. The van der Waals surface area contributed by atoms with Crippen molar-refractivity contribution < 1.29 is 14.3 Å². The fourth-order valence-corrected chi connectivity index (χ4v) is 3.51. The fraction of sp³-hybridized carbons (Fsp3) is 0.120. The maximum atomic E-state index is 13.5. The highest BCUT2D eigenvalue weighted by atomic mass is 16.5. The summed E-state index contributed by atoms with van der Waals surface area (Å²) < 4.78 is 5.28. The van der Waals surface area contributed by atoms with Crippen LogP contribution in [0, 0.1) is 13.8 Å². The van der Waals surface area contributed by atoms with Gasteiger partial charge in [0.1, 0.15) is 11.4 Å². The van der Waals surface area contributed by atoms with Crippen LogP contribution in [0.4, 0.5) is 11.4 Å². The first kappa shape index (κ1) is 19.5. The van der Waals surface area contributed by atoms with Gasteiger partial charge < -0.3 is 10.1 Å². The number of para-hydroxylation sites is 1. The highest BCUT2D eigenvalue weighted by Gasteiger charge is 2.40. The monoisotopic (exact) mass is 398 g/mol. The molecule has 0 radical (unpaired) electrons. The van der Waals surface area contributed by atoms with Gasteiger partial charge in [0.05, 0.1) is 18.4 Å². The van der Waals surface area contributed by atoms with E-state index in [1.165, 1.54) is 4.90 Å². The first-order valence-corrected chi connectivity index (χ1v) is 9.66. The van der Waals surface area contributed by atoms with Crippen molar-refractivity contribution in [1.29, 1.82) is 0 Å². The topological polar surface area (TPSA) is 58.6 Å². The molecule has 0 atom stereocenters. The summed E-state index contributed by atoms with van der Waals surface area (Å²) in [7, 11) is 1.58. The molecule has 3 aromatic carbocycles. The van der Waals surface area contributed by atoms with Gasteiger partial charge in [-0.05, 0) is 43.2 Å². The Morgan fingerprint density at radius 1 is 0.833 bits per heavy atom. The third-order valence-electron chi connectivity index (χ3n) is 5.12. The summed E-state index contributed by atoms with van der Waals surface area (Å²) >= 11 is 0. The van der Waals surface area contributed by atoms with E-state index >= 15 is 0 Å². The Bertz CT molecular complexity index is 1160. The van der Waals surface area contributed by atoms with Crippen LogP contribution in [-0.2, 0) is 9.59 Å². The minimum Gasteiger partial charge on any atom is -0.497 e. The lowest BCUT2D eigenvalue weighted by molar-refractivity contribution is -0.120. The number of hydrogen-bond acceptors (Lipinski definition) is 4. The lowest BCUT2D eigenvalue weighted by Crippen LogP contribution is -2.33. The molecule has 0 fully saturated rings. The molecule has 0 saturated heterocycles. The van der Waals surface area contributed by atoms with E-state index in [-0.39, 0.29) is 17.5 Å². The largest absolute Gasteiger partial charge is 0.497 e. The summed E-state index contributed by atoms with van der Waals surface area (Å²) in [6, 6.07) is 22.2. The Hall–Kier alpha value is -3.86. The number of amides is 2. The van der Waals surface area contributed by atoms with Crippen molar-refractivity contribution in [3.63, 3.8) is 0 Å². The molecular formula is C25H22N2O3. The van der Waals surface area contributed by atoms with E-state index < -0.39 is 0 Å². The Balaban J connectivity index is 1.83. The molecule has 4 rings (SSSR count). The smallest absolute Gasteiger partial charge is 0.282 e. The lowest BCUT2D eigenvalue weighted by atomic mass is 10.0. The van der Waals surface area contributed by atoms with Gasteiger partial charge in [0.2, 0.25) is 0 Å². The summed E-state index contributed by atoms with van der Waals surface area (Å²) in [5.74, 6) is -0.0683. The van der Waals surface area contributed by atoms with E-state index in [0.29, 0.717) is 28.3 Å². The maximum Gasteiger partial charge on any atom is 0.282 e. The molecule has 0 aliphatic carbocycles. The van der Waals surface area contributed by atoms with Crippen LogP contribution in [0.15, 0.2) is 78.5 Å². The quantitative estimate of drug-likeness (QED) is 0.633. The first-order valence-electron chi connectivity index (χ1n) is 9.66. The van der Waals surface area contributed by atoms with Crippen molar-refractivity contribution in [2.75, 3.05) is 17.3 Å². The second-order valence-electron chi connectivity index (χ2n) is 7.21. The van der Waals surface area contributed by atoms with Gasteiger partial charge >= 0.3 is 0 Å².